The van der Waals surface area contributed by atoms with Crippen LogP contribution in [0.4, 0.5) is 0 Å². The molecule has 1 N–H and O–H groups in total. The summed E-state index contributed by atoms with van der Waals surface area (Å²) in [5.41, 5.74) is 1.34. The van der Waals surface area contributed by atoms with E-state index in [9.17, 15) is 5.11 Å². The second-order valence-electron chi connectivity index (χ2n) is 5.37. The fourth-order valence-corrected chi connectivity index (χ4v) is 2.07. The van der Waals surface area contributed by atoms with Crippen molar-refractivity contribution >= 4 is 0 Å². The molecule has 0 aliphatic rings. The second kappa shape index (κ2) is 8.16. The predicted molar refractivity (Wildman–Crippen MR) is 74.4 cm³/mol. The van der Waals surface area contributed by atoms with Crippen molar-refractivity contribution in [1.29, 1.82) is 0 Å². The maximum absolute atomic E-state index is 9.17. The molecule has 0 saturated heterocycles. The normalized spacial score (nSPS) is 11.0. The van der Waals surface area contributed by atoms with Crippen LogP contribution in [0.5, 0.6) is 5.75 Å². The van der Waals surface area contributed by atoms with E-state index in [2.05, 4.69) is 13.8 Å². The van der Waals surface area contributed by atoms with E-state index in [0.717, 1.165) is 12.3 Å². The summed E-state index contributed by atoms with van der Waals surface area (Å²) in [5, 5.41) is 9.17. The summed E-state index contributed by atoms with van der Waals surface area (Å²) in [7, 11) is 0. The Balaban J connectivity index is 1.99. The Morgan fingerprint density at radius 1 is 0.882 bits per heavy atom. The molecule has 0 bridgehead atoms. The zero-order chi connectivity index (χ0) is 12.5. The summed E-state index contributed by atoms with van der Waals surface area (Å²) in [4.78, 5) is 0. The van der Waals surface area contributed by atoms with E-state index in [1.807, 2.05) is 12.1 Å². The molecule has 0 aliphatic heterocycles. The molecule has 0 aliphatic carbocycles. The molecular weight excluding hydrogens is 208 g/mol. The third-order valence-electron chi connectivity index (χ3n) is 3.18. The van der Waals surface area contributed by atoms with Crippen LogP contribution in [-0.2, 0) is 6.42 Å². The average Bonchev–Trinajstić information content (AvgIpc) is 2.30. The van der Waals surface area contributed by atoms with Gasteiger partial charge in [0.25, 0.3) is 0 Å². The van der Waals surface area contributed by atoms with Crippen LogP contribution >= 0.6 is 0 Å². The molecule has 0 atom stereocenters. The van der Waals surface area contributed by atoms with E-state index in [1.165, 1.54) is 44.1 Å². The predicted octanol–water partition coefficient (Wildman–Crippen LogP) is 4.93. The van der Waals surface area contributed by atoms with Crippen molar-refractivity contribution in [2.45, 2.75) is 58.8 Å². The Bertz CT molecular complexity index is 287. The van der Waals surface area contributed by atoms with Crippen molar-refractivity contribution in [3.8, 4) is 5.75 Å². The number of phenolic OH excluding ortho intramolecular Hbond substituents is 1. The molecule has 0 spiro atoms. The minimum atomic E-state index is 0.363. The van der Waals surface area contributed by atoms with Gasteiger partial charge in [-0.3, -0.25) is 0 Å². The molecule has 0 fully saturated rings. The van der Waals surface area contributed by atoms with Gasteiger partial charge in [0.05, 0.1) is 0 Å². The topological polar surface area (TPSA) is 20.2 Å². The van der Waals surface area contributed by atoms with Crippen LogP contribution in [-0.4, -0.2) is 5.11 Å². The van der Waals surface area contributed by atoms with Gasteiger partial charge in [0, 0.05) is 0 Å². The van der Waals surface area contributed by atoms with E-state index < -0.39 is 0 Å². The summed E-state index contributed by atoms with van der Waals surface area (Å²) in [6.45, 7) is 4.59. The van der Waals surface area contributed by atoms with Crippen molar-refractivity contribution in [3.63, 3.8) is 0 Å². The first kappa shape index (κ1) is 14.1. The third kappa shape index (κ3) is 7.04. The highest BCUT2D eigenvalue weighted by molar-refractivity contribution is 5.25. The number of aromatic hydroxyl groups is 1. The quantitative estimate of drug-likeness (QED) is 0.632. The molecule has 0 heterocycles. The molecule has 0 radical (unpaired) electrons. The second-order valence-corrected chi connectivity index (χ2v) is 5.37. The number of rotatable bonds is 8. The van der Waals surface area contributed by atoms with Crippen LogP contribution in [0.1, 0.15) is 57.9 Å². The molecular formula is C16H26O. The Kier molecular flexibility index (Phi) is 6.76. The Labute approximate surface area is 106 Å². The van der Waals surface area contributed by atoms with E-state index in [1.54, 1.807) is 12.1 Å². The van der Waals surface area contributed by atoms with Crippen LogP contribution in [0.2, 0.25) is 0 Å². The molecule has 1 nitrogen and oxygen atoms in total. The average molecular weight is 234 g/mol. The molecule has 1 aromatic rings. The lowest BCUT2D eigenvalue weighted by Crippen LogP contribution is -1.88. The third-order valence-corrected chi connectivity index (χ3v) is 3.18. The van der Waals surface area contributed by atoms with Crippen molar-refractivity contribution in [2.24, 2.45) is 5.92 Å². The molecule has 0 saturated carbocycles. The summed E-state index contributed by atoms with van der Waals surface area (Å²) in [5.74, 6) is 1.22. The number of hydrogen-bond acceptors (Lipinski definition) is 1. The number of unbranched alkanes of at least 4 members (excludes halogenated alkanes) is 4. The summed E-state index contributed by atoms with van der Waals surface area (Å²) in [6, 6.07) is 7.60. The highest BCUT2D eigenvalue weighted by Crippen LogP contribution is 2.14. The maximum Gasteiger partial charge on any atom is 0.115 e. The molecule has 1 heteroatoms. The van der Waals surface area contributed by atoms with Gasteiger partial charge in [0.1, 0.15) is 5.75 Å². The Hall–Kier alpha value is -0.980. The van der Waals surface area contributed by atoms with Crippen LogP contribution < -0.4 is 0 Å². The zero-order valence-corrected chi connectivity index (χ0v) is 11.3. The van der Waals surface area contributed by atoms with Crippen LogP contribution in [0.15, 0.2) is 24.3 Å². The first-order valence-corrected chi connectivity index (χ1v) is 6.96. The molecule has 0 aromatic heterocycles. The monoisotopic (exact) mass is 234 g/mol. The van der Waals surface area contributed by atoms with Gasteiger partial charge >= 0.3 is 0 Å². The number of phenols is 1. The van der Waals surface area contributed by atoms with Gasteiger partial charge in [-0.15, -0.1) is 0 Å². The molecule has 0 unspecified atom stereocenters. The molecule has 17 heavy (non-hydrogen) atoms. The van der Waals surface area contributed by atoms with Gasteiger partial charge in [-0.1, -0.05) is 58.1 Å². The minimum Gasteiger partial charge on any atom is -0.508 e. The largest absolute Gasteiger partial charge is 0.508 e. The highest BCUT2D eigenvalue weighted by Gasteiger charge is 1.96. The fraction of sp³-hybridized carbons (Fsp3) is 0.625. The lowest BCUT2D eigenvalue weighted by Gasteiger charge is -2.04. The molecule has 0 amide bonds. The van der Waals surface area contributed by atoms with Crippen molar-refractivity contribution in [2.75, 3.05) is 0 Å². The fourth-order valence-electron chi connectivity index (χ4n) is 2.07. The van der Waals surface area contributed by atoms with E-state index in [-0.39, 0.29) is 0 Å². The van der Waals surface area contributed by atoms with E-state index in [0.29, 0.717) is 5.75 Å². The van der Waals surface area contributed by atoms with Crippen LogP contribution in [0, 0.1) is 5.92 Å². The van der Waals surface area contributed by atoms with Gasteiger partial charge in [-0.05, 0) is 36.5 Å². The van der Waals surface area contributed by atoms with Gasteiger partial charge in [-0.25, -0.2) is 0 Å². The Morgan fingerprint density at radius 2 is 1.47 bits per heavy atom. The minimum absolute atomic E-state index is 0.363. The van der Waals surface area contributed by atoms with Crippen LogP contribution in [0.25, 0.3) is 0 Å². The molecule has 1 aromatic carbocycles. The maximum atomic E-state index is 9.17. The van der Waals surface area contributed by atoms with Gasteiger partial charge in [0.2, 0.25) is 0 Å². The van der Waals surface area contributed by atoms with Gasteiger partial charge in [-0.2, -0.15) is 0 Å². The van der Waals surface area contributed by atoms with Crippen molar-refractivity contribution in [1.82, 2.24) is 0 Å². The summed E-state index contributed by atoms with van der Waals surface area (Å²) >= 11 is 0. The van der Waals surface area contributed by atoms with Gasteiger partial charge in [0.15, 0.2) is 0 Å². The number of hydrogen-bond donors (Lipinski definition) is 1. The van der Waals surface area contributed by atoms with E-state index in [4.69, 9.17) is 0 Å². The molecule has 1 rings (SSSR count). The van der Waals surface area contributed by atoms with Gasteiger partial charge < -0.3 is 5.11 Å². The summed E-state index contributed by atoms with van der Waals surface area (Å²) in [6.07, 6.45) is 9.25. The van der Waals surface area contributed by atoms with Crippen LogP contribution in [0.3, 0.4) is 0 Å². The SMILES string of the molecule is CC(C)CCCCCCCc1ccc(O)cc1. The molecule has 96 valence electrons. The number of benzene rings is 1. The van der Waals surface area contributed by atoms with E-state index >= 15 is 0 Å². The van der Waals surface area contributed by atoms with Crippen molar-refractivity contribution < 1.29 is 5.11 Å². The Morgan fingerprint density at radius 3 is 2.12 bits per heavy atom. The lowest BCUT2D eigenvalue weighted by molar-refractivity contribution is 0.475. The standard InChI is InChI=1S/C16H26O/c1-14(2)8-6-4-3-5-7-9-15-10-12-16(17)13-11-15/h10-14,17H,3-9H2,1-2H3. The smallest absolute Gasteiger partial charge is 0.115 e. The number of aryl methyl sites for hydroxylation is 1. The first-order valence-electron chi connectivity index (χ1n) is 6.96. The highest BCUT2D eigenvalue weighted by atomic mass is 16.3. The first-order chi connectivity index (χ1) is 8.18. The van der Waals surface area contributed by atoms with Crippen molar-refractivity contribution in [3.05, 3.63) is 29.8 Å². The summed E-state index contributed by atoms with van der Waals surface area (Å²) < 4.78 is 0. The lowest BCUT2D eigenvalue weighted by atomic mass is 10.0. The zero-order valence-electron chi connectivity index (χ0n) is 11.3.